The zero-order valence-corrected chi connectivity index (χ0v) is 12.3. The molecule has 0 aliphatic heterocycles. The van der Waals surface area contributed by atoms with Crippen LogP contribution in [0.25, 0.3) is 0 Å². The van der Waals surface area contributed by atoms with Crippen LogP contribution in [0.5, 0.6) is 0 Å². The Morgan fingerprint density at radius 1 is 1.32 bits per heavy atom. The van der Waals surface area contributed by atoms with Crippen molar-refractivity contribution in [2.75, 3.05) is 7.05 Å². The van der Waals surface area contributed by atoms with Gasteiger partial charge in [0.1, 0.15) is 0 Å². The average molecular weight is 302 g/mol. The molecule has 1 aromatic rings. The number of hydrogen-bond acceptors (Lipinski definition) is 2. The SMILES string of the molecule is CN(C(=O)c1ccc(Cl)cc1Cl)[C@H]1CCCC[C@@H]1O. The molecule has 104 valence electrons. The van der Waals surface area contributed by atoms with E-state index >= 15 is 0 Å². The van der Waals surface area contributed by atoms with Gasteiger partial charge in [-0.25, -0.2) is 0 Å². The Labute approximate surface area is 123 Å². The van der Waals surface area contributed by atoms with Crippen LogP contribution in [0.15, 0.2) is 18.2 Å². The third kappa shape index (κ3) is 3.22. The molecule has 2 rings (SSSR count). The molecule has 1 N–H and O–H groups in total. The monoisotopic (exact) mass is 301 g/mol. The van der Waals surface area contributed by atoms with Gasteiger partial charge in [-0.05, 0) is 31.0 Å². The second-order valence-corrected chi connectivity index (χ2v) is 5.80. The van der Waals surface area contributed by atoms with E-state index < -0.39 is 6.10 Å². The molecular formula is C14H17Cl2NO2. The molecule has 0 saturated heterocycles. The van der Waals surface area contributed by atoms with Crippen molar-refractivity contribution in [3.63, 3.8) is 0 Å². The standard InChI is InChI=1S/C14H17Cl2NO2/c1-17(12-4-2-3-5-13(12)18)14(19)10-7-6-9(15)8-11(10)16/h6-8,12-13,18H,2-5H2,1H3/t12-,13-/m0/s1. The Hall–Kier alpha value is -0.770. The number of aliphatic hydroxyl groups excluding tert-OH is 1. The highest BCUT2D eigenvalue weighted by molar-refractivity contribution is 6.36. The van der Waals surface area contributed by atoms with Crippen LogP contribution in [0.1, 0.15) is 36.0 Å². The molecule has 0 unspecified atom stereocenters. The van der Waals surface area contributed by atoms with E-state index in [9.17, 15) is 9.90 Å². The van der Waals surface area contributed by atoms with Crippen molar-refractivity contribution in [2.45, 2.75) is 37.8 Å². The Morgan fingerprint density at radius 3 is 2.63 bits per heavy atom. The smallest absolute Gasteiger partial charge is 0.255 e. The van der Waals surface area contributed by atoms with Gasteiger partial charge in [-0.1, -0.05) is 36.0 Å². The minimum Gasteiger partial charge on any atom is -0.391 e. The molecule has 1 aliphatic rings. The number of amides is 1. The topological polar surface area (TPSA) is 40.5 Å². The molecule has 1 amide bonds. The van der Waals surface area contributed by atoms with Crippen molar-refractivity contribution in [1.82, 2.24) is 4.90 Å². The Balaban J connectivity index is 2.18. The van der Waals surface area contributed by atoms with Crippen molar-refractivity contribution < 1.29 is 9.90 Å². The van der Waals surface area contributed by atoms with Gasteiger partial charge in [-0.3, -0.25) is 4.79 Å². The summed E-state index contributed by atoms with van der Waals surface area (Å²) < 4.78 is 0. The van der Waals surface area contributed by atoms with Crippen molar-refractivity contribution >= 4 is 29.1 Å². The van der Waals surface area contributed by atoms with Crippen LogP contribution in [0, 0.1) is 0 Å². The summed E-state index contributed by atoms with van der Waals surface area (Å²) >= 11 is 11.9. The Morgan fingerprint density at radius 2 is 2.00 bits per heavy atom. The van der Waals surface area contributed by atoms with E-state index in [2.05, 4.69) is 0 Å². The molecule has 0 radical (unpaired) electrons. The first-order valence-electron chi connectivity index (χ1n) is 6.41. The molecule has 2 atom stereocenters. The van der Waals surface area contributed by atoms with Crippen molar-refractivity contribution in [3.05, 3.63) is 33.8 Å². The molecule has 0 bridgehead atoms. The van der Waals surface area contributed by atoms with E-state index in [4.69, 9.17) is 23.2 Å². The van der Waals surface area contributed by atoms with Crippen LogP contribution >= 0.6 is 23.2 Å². The van der Waals surface area contributed by atoms with Gasteiger partial charge in [0.15, 0.2) is 0 Å². The molecule has 1 aliphatic carbocycles. The highest BCUT2D eigenvalue weighted by Crippen LogP contribution is 2.26. The zero-order chi connectivity index (χ0) is 14.0. The van der Waals surface area contributed by atoms with Gasteiger partial charge in [0.25, 0.3) is 5.91 Å². The summed E-state index contributed by atoms with van der Waals surface area (Å²) in [5, 5.41) is 10.8. The van der Waals surface area contributed by atoms with Crippen molar-refractivity contribution in [2.24, 2.45) is 0 Å². The lowest BCUT2D eigenvalue weighted by molar-refractivity contribution is 0.0268. The third-order valence-corrected chi connectivity index (χ3v) is 4.22. The number of hydrogen-bond donors (Lipinski definition) is 1. The first kappa shape index (κ1) is 14.6. The number of rotatable bonds is 2. The predicted molar refractivity (Wildman–Crippen MR) is 76.8 cm³/mol. The quantitative estimate of drug-likeness (QED) is 0.910. The summed E-state index contributed by atoms with van der Waals surface area (Å²) in [6.45, 7) is 0. The molecular weight excluding hydrogens is 285 g/mol. The van der Waals surface area contributed by atoms with Crippen molar-refractivity contribution in [3.8, 4) is 0 Å². The van der Waals surface area contributed by atoms with Crippen molar-refractivity contribution in [1.29, 1.82) is 0 Å². The second kappa shape index (κ2) is 6.12. The summed E-state index contributed by atoms with van der Waals surface area (Å²) in [7, 11) is 1.71. The number of benzene rings is 1. The van der Waals surface area contributed by atoms with Gasteiger partial charge in [-0.2, -0.15) is 0 Å². The van der Waals surface area contributed by atoms with E-state index in [0.717, 1.165) is 25.7 Å². The maximum atomic E-state index is 12.4. The lowest BCUT2D eigenvalue weighted by Gasteiger charge is -2.35. The average Bonchev–Trinajstić information content (AvgIpc) is 2.38. The first-order valence-corrected chi connectivity index (χ1v) is 7.16. The van der Waals surface area contributed by atoms with Gasteiger partial charge in [0.05, 0.1) is 22.7 Å². The summed E-state index contributed by atoms with van der Waals surface area (Å²) in [5.74, 6) is -0.174. The number of nitrogens with zero attached hydrogens (tertiary/aromatic N) is 1. The minimum absolute atomic E-state index is 0.131. The van der Waals surface area contributed by atoms with Gasteiger partial charge in [0.2, 0.25) is 0 Å². The number of likely N-dealkylation sites (N-methyl/N-ethyl adjacent to an activating group) is 1. The number of aliphatic hydroxyl groups is 1. The lowest BCUT2D eigenvalue weighted by Crippen LogP contribution is -2.46. The minimum atomic E-state index is -0.450. The maximum Gasteiger partial charge on any atom is 0.255 e. The number of carbonyl (C=O) groups excluding carboxylic acids is 1. The van der Waals surface area contributed by atoms with E-state index in [1.54, 1.807) is 30.1 Å². The van der Waals surface area contributed by atoms with Crippen LogP contribution in [-0.4, -0.2) is 35.1 Å². The van der Waals surface area contributed by atoms with E-state index in [-0.39, 0.29) is 11.9 Å². The Bertz CT molecular complexity index is 479. The normalized spacial score (nSPS) is 23.2. The van der Waals surface area contributed by atoms with E-state index in [1.165, 1.54) is 0 Å². The molecule has 0 spiro atoms. The van der Waals surface area contributed by atoms with Gasteiger partial charge in [0, 0.05) is 12.1 Å². The van der Waals surface area contributed by atoms with Crippen LogP contribution in [-0.2, 0) is 0 Å². The first-order chi connectivity index (χ1) is 9.00. The largest absolute Gasteiger partial charge is 0.391 e. The third-order valence-electron chi connectivity index (χ3n) is 3.67. The van der Waals surface area contributed by atoms with Gasteiger partial charge >= 0.3 is 0 Å². The lowest BCUT2D eigenvalue weighted by atomic mass is 9.91. The fraction of sp³-hybridized carbons (Fsp3) is 0.500. The highest BCUT2D eigenvalue weighted by Gasteiger charge is 2.30. The Kier molecular flexibility index (Phi) is 4.71. The number of halogens is 2. The molecule has 1 saturated carbocycles. The highest BCUT2D eigenvalue weighted by atomic mass is 35.5. The maximum absolute atomic E-state index is 12.4. The fourth-order valence-corrected chi connectivity index (χ4v) is 3.04. The van der Waals surface area contributed by atoms with E-state index in [1.807, 2.05) is 0 Å². The van der Waals surface area contributed by atoms with Gasteiger partial charge < -0.3 is 10.0 Å². The predicted octanol–water partition coefficient (Wildman–Crippen LogP) is 3.37. The van der Waals surface area contributed by atoms with E-state index in [0.29, 0.717) is 15.6 Å². The van der Waals surface area contributed by atoms with Crippen LogP contribution in [0.3, 0.4) is 0 Å². The number of carbonyl (C=O) groups is 1. The van der Waals surface area contributed by atoms with Crippen LogP contribution < -0.4 is 0 Å². The molecule has 0 aromatic heterocycles. The molecule has 0 heterocycles. The summed E-state index contributed by atoms with van der Waals surface area (Å²) in [6, 6.07) is 4.69. The molecule has 3 nitrogen and oxygen atoms in total. The van der Waals surface area contributed by atoms with Crippen LogP contribution in [0.4, 0.5) is 0 Å². The molecule has 1 aromatic carbocycles. The molecule has 5 heteroatoms. The molecule has 19 heavy (non-hydrogen) atoms. The zero-order valence-electron chi connectivity index (χ0n) is 10.8. The summed E-state index contributed by atoms with van der Waals surface area (Å²) in [4.78, 5) is 14.0. The summed E-state index contributed by atoms with van der Waals surface area (Å²) in [5.41, 5.74) is 0.423. The fourth-order valence-electron chi connectivity index (χ4n) is 2.55. The van der Waals surface area contributed by atoms with Crippen LogP contribution in [0.2, 0.25) is 10.0 Å². The van der Waals surface area contributed by atoms with Gasteiger partial charge in [-0.15, -0.1) is 0 Å². The second-order valence-electron chi connectivity index (χ2n) is 4.96. The molecule has 1 fully saturated rings. The summed E-state index contributed by atoms with van der Waals surface area (Å²) in [6.07, 6.45) is 3.18.